The van der Waals surface area contributed by atoms with Gasteiger partial charge in [-0.1, -0.05) is 50.6 Å². The molecule has 2 aliphatic rings. The fourth-order valence-corrected chi connectivity index (χ4v) is 3.89. The molecule has 3 nitrogen and oxygen atoms in total. The van der Waals surface area contributed by atoms with Crippen molar-refractivity contribution in [3.05, 3.63) is 35.9 Å². The van der Waals surface area contributed by atoms with E-state index < -0.39 is 0 Å². The Balaban J connectivity index is 1.58. The molecule has 0 unspecified atom stereocenters. The number of hydrogen-bond acceptors (Lipinski definition) is 2. The molecular formula is C20H27NO2. The number of ketones is 1. The second-order valence-corrected chi connectivity index (χ2v) is 7.65. The molecule has 1 heterocycles. The second kappa shape index (κ2) is 6.46. The molecule has 1 saturated carbocycles. The van der Waals surface area contributed by atoms with Gasteiger partial charge in [-0.2, -0.15) is 0 Å². The Morgan fingerprint density at radius 2 is 1.61 bits per heavy atom. The summed E-state index contributed by atoms with van der Waals surface area (Å²) in [5.74, 6) is 1.12. The van der Waals surface area contributed by atoms with Gasteiger partial charge in [0.1, 0.15) is 0 Å². The van der Waals surface area contributed by atoms with E-state index in [9.17, 15) is 9.59 Å². The summed E-state index contributed by atoms with van der Waals surface area (Å²) in [5.41, 5.74) is 0.557. The number of carbonyl (C=O) groups excluding carboxylic acids is 2. The van der Waals surface area contributed by atoms with Gasteiger partial charge in [0.05, 0.1) is 0 Å². The number of piperidine rings is 1. The smallest absolute Gasteiger partial charge is 0.228 e. The van der Waals surface area contributed by atoms with Crippen LogP contribution in [0.25, 0.3) is 0 Å². The van der Waals surface area contributed by atoms with E-state index in [2.05, 4.69) is 13.8 Å². The van der Waals surface area contributed by atoms with Crippen LogP contribution in [0.5, 0.6) is 0 Å². The maximum atomic E-state index is 12.8. The number of likely N-dealkylation sites (tertiary alicyclic amines) is 1. The maximum Gasteiger partial charge on any atom is 0.228 e. The normalized spacial score (nSPS) is 20.2. The van der Waals surface area contributed by atoms with Crippen molar-refractivity contribution in [2.24, 2.45) is 17.3 Å². The third-order valence-electron chi connectivity index (χ3n) is 5.89. The molecule has 1 saturated heterocycles. The van der Waals surface area contributed by atoms with Crippen LogP contribution in [-0.4, -0.2) is 29.7 Å². The zero-order chi connectivity index (χ0) is 16.4. The van der Waals surface area contributed by atoms with E-state index in [1.807, 2.05) is 35.2 Å². The van der Waals surface area contributed by atoms with Gasteiger partial charge in [0.25, 0.3) is 0 Å². The molecule has 3 heteroatoms. The number of Topliss-reactive ketones (excluding diaryl/α,β-unsaturated/α-hetero) is 1. The van der Waals surface area contributed by atoms with E-state index in [-0.39, 0.29) is 23.0 Å². The van der Waals surface area contributed by atoms with Crippen LogP contribution in [0.2, 0.25) is 0 Å². The van der Waals surface area contributed by atoms with Crippen LogP contribution in [0.1, 0.15) is 56.3 Å². The van der Waals surface area contributed by atoms with Crippen LogP contribution in [0.3, 0.4) is 0 Å². The van der Waals surface area contributed by atoms with Crippen molar-refractivity contribution in [3.63, 3.8) is 0 Å². The largest absolute Gasteiger partial charge is 0.342 e. The van der Waals surface area contributed by atoms with E-state index >= 15 is 0 Å². The van der Waals surface area contributed by atoms with Gasteiger partial charge >= 0.3 is 0 Å². The molecule has 1 amide bonds. The van der Waals surface area contributed by atoms with E-state index in [0.29, 0.717) is 5.92 Å². The number of nitrogens with zero attached hydrogens (tertiary/aromatic N) is 1. The minimum Gasteiger partial charge on any atom is -0.342 e. The predicted molar refractivity (Wildman–Crippen MR) is 91.2 cm³/mol. The van der Waals surface area contributed by atoms with Crippen LogP contribution in [-0.2, 0) is 4.79 Å². The topological polar surface area (TPSA) is 37.4 Å². The summed E-state index contributed by atoms with van der Waals surface area (Å²) in [7, 11) is 0. The van der Waals surface area contributed by atoms with E-state index in [0.717, 1.165) is 31.5 Å². The summed E-state index contributed by atoms with van der Waals surface area (Å²) < 4.78 is 0. The lowest BCUT2D eigenvalue weighted by Gasteiger charge is -2.43. The highest BCUT2D eigenvalue weighted by Crippen LogP contribution is 2.43. The first kappa shape index (κ1) is 16.2. The highest BCUT2D eigenvalue weighted by atomic mass is 16.2. The summed E-state index contributed by atoms with van der Waals surface area (Å²) in [6.07, 6.45) is 5.21. The van der Waals surface area contributed by atoms with Crippen molar-refractivity contribution in [2.45, 2.75) is 46.0 Å². The van der Waals surface area contributed by atoms with Gasteiger partial charge in [-0.15, -0.1) is 0 Å². The third kappa shape index (κ3) is 3.19. The lowest BCUT2D eigenvalue weighted by Crippen LogP contribution is -2.49. The fraction of sp³-hybridized carbons (Fsp3) is 0.600. The SMILES string of the molecule is CC(C)(C(=O)N1CCC(C(=O)c2ccccc2)CC1)C1CCC1. The molecule has 23 heavy (non-hydrogen) atoms. The number of amides is 1. The monoisotopic (exact) mass is 313 g/mol. The van der Waals surface area contributed by atoms with Crippen molar-refractivity contribution in [1.82, 2.24) is 4.90 Å². The molecule has 1 aliphatic carbocycles. The zero-order valence-electron chi connectivity index (χ0n) is 14.3. The molecular weight excluding hydrogens is 286 g/mol. The molecule has 0 aromatic heterocycles. The standard InChI is InChI=1S/C20H27NO2/c1-20(2,17-9-6-10-17)19(23)21-13-11-16(12-14-21)18(22)15-7-4-3-5-8-15/h3-5,7-8,16-17H,6,9-14H2,1-2H3. The Morgan fingerprint density at radius 1 is 1.00 bits per heavy atom. The minimum atomic E-state index is -0.242. The number of benzene rings is 1. The Labute approximate surface area is 139 Å². The molecule has 0 spiro atoms. The molecule has 0 radical (unpaired) electrons. The lowest BCUT2D eigenvalue weighted by atomic mass is 9.66. The molecule has 0 atom stereocenters. The Kier molecular flexibility index (Phi) is 4.56. The van der Waals surface area contributed by atoms with Crippen LogP contribution >= 0.6 is 0 Å². The predicted octanol–water partition coefficient (Wildman–Crippen LogP) is 3.93. The first-order valence-corrected chi connectivity index (χ1v) is 8.89. The van der Waals surface area contributed by atoms with Crippen molar-refractivity contribution in [2.75, 3.05) is 13.1 Å². The summed E-state index contributed by atoms with van der Waals surface area (Å²) in [6, 6.07) is 9.53. The molecule has 1 aliphatic heterocycles. The highest BCUT2D eigenvalue weighted by Gasteiger charge is 2.43. The Bertz CT molecular complexity index is 567. The number of rotatable bonds is 4. The quantitative estimate of drug-likeness (QED) is 0.790. The summed E-state index contributed by atoms with van der Waals surface area (Å²) in [4.78, 5) is 27.4. The lowest BCUT2D eigenvalue weighted by molar-refractivity contribution is -0.146. The molecule has 3 rings (SSSR count). The van der Waals surface area contributed by atoms with Crippen LogP contribution in [0.4, 0.5) is 0 Å². The van der Waals surface area contributed by atoms with Crippen molar-refractivity contribution in [1.29, 1.82) is 0 Å². The molecule has 124 valence electrons. The van der Waals surface area contributed by atoms with E-state index in [1.54, 1.807) is 0 Å². The van der Waals surface area contributed by atoms with Crippen molar-refractivity contribution < 1.29 is 9.59 Å². The van der Waals surface area contributed by atoms with Gasteiger partial charge in [-0.3, -0.25) is 9.59 Å². The summed E-state index contributed by atoms with van der Waals surface area (Å²) >= 11 is 0. The third-order valence-corrected chi connectivity index (χ3v) is 5.89. The van der Waals surface area contributed by atoms with Gasteiger partial charge in [0.15, 0.2) is 5.78 Å². The molecule has 0 N–H and O–H groups in total. The van der Waals surface area contributed by atoms with Crippen LogP contribution in [0.15, 0.2) is 30.3 Å². The first-order valence-electron chi connectivity index (χ1n) is 8.89. The number of carbonyl (C=O) groups is 2. The maximum absolute atomic E-state index is 12.8. The van der Waals surface area contributed by atoms with Crippen LogP contribution < -0.4 is 0 Å². The van der Waals surface area contributed by atoms with Crippen molar-refractivity contribution >= 4 is 11.7 Å². The average Bonchev–Trinajstić information content (AvgIpc) is 2.52. The summed E-state index contributed by atoms with van der Waals surface area (Å²) in [5, 5.41) is 0. The van der Waals surface area contributed by atoms with Gasteiger partial charge in [0.2, 0.25) is 5.91 Å². The minimum absolute atomic E-state index is 0.0632. The van der Waals surface area contributed by atoms with Gasteiger partial charge in [0, 0.05) is 30.0 Å². The molecule has 2 fully saturated rings. The van der Waals surface area contributed by atoms with E-state index in [4.69, 9.17) is 0 Å². The molecule has 0 bridgehead atoms. The number of hydrogen-bond donors (Lipinski definition) is 0. The first-order chi connectivity index (χ1) is 11.0. The average molecular weight is 313 g/mol. The van der Waals surface area contributed by atoms with Gasteiger partial charge in [-0.05, 0) is 31.6 Å². The fourth-order valence-electron chi connectivity index (χ4n) is 3.89. The van der Waals surface area contributed by atoms with E-state index in [1.165, 1.54) is 19.3 Å². The Morgan fingerprint density at radius 3 is 2.13 bits per heavy atom. The van der Waals surface area contributed by atoms with Crippen LogP contribution in [0, 0.1) is 17.3 Å². The van der Waals surface area contributed by atoms with Crippen molar-refractivity contribution in [3.8, 4) is 0 Å². The molecule has 1 aromatic carbocycles. The highest BCUT2D eigenvalue weighted by molar-refractivity contribution is 5.98. The van der Waals surface area contributed by atoms with Gasteiger partial charge < -0.3 is 4.90 Å². The zero-order valence-corrected chi connectivity index (χ0v) is 14.3. The van der Waals surface area contributed by atoms with Gasteiger partial charge in [-0.25, -0.2) is 0 Å². The summed E-state index contributed by atoms with van der Waals surface area (Å²) in [6.45, 7) is 5.64. The molecule has 1 aromatic rings. The Hall–Kier alpha value is -1.64. The second-order valence-electron chi connectivity index (χ2n) is 7.65.